The van der Waals surface area contributed by atoms with Gasteiger partial charge in [0.15, 0.2) is 5.58 Å². The van der Waals surface area contributed by atoms with Gasteiger partial charge >= 0.3 is 6.09 Å². The van der Waals surface area contributed by atoms with Crippen LogP contribution >= 0.6 is 0 Å². The summed E-state index contributed by atoms with van der Waals surface area (Å²) >= 11 is 0. The molecule has 38 heavy (non-hydrogen) atoms. The molecule has 3 aromatic rings. The van der Waals surface area contributed by atoms with Gasteiger partial charge in [0.1, 0.15) is 23.3 Å². The number of benzene rings is 1. The number of oxazole rings is 1. The van der Waals surface area contributed by atoms with Crippen molar-refractivity contribution in [3.63, 3.8) is 0 Å². The number of nitrogens with one attached hydrogen (secondary N) is 1. The summed E-state index contributed by atoms with van der Waals surface area (Å²) in [4.78, 5) is 32.7. The third kappa shape index (κ3) is 6.18. The lowest BCUT2D eigenvalue weighted by molar-refractivity contribution is 0.0497. The van der Waals surface area contributed by atoms with E-state index in [1.54, 1.807) is 6.33 Å². The van der Waals surface area contributed by atoms with Gasteiger partial charge in [-0.2, -0.15) is 0 Å². The molecule has 5 rings (SSSR count). The summed E-state index contributed by atoms with van der Waals surface area (Å²) in [5.41, 5.74) is 4.53. The maximum atomic E-state index is 12.1. The van der Waals surface area contributed by atoms with Crippen LogP contribution in [0.3, 0.4) is 0 Å². The van der Waals surface area contributed by atoms with E-state index in [1.165, 1.54) is 0 Å². The molecule has 0 saturated carbocycles. The SMILES string of the molecule is Cc1ncnc(N2CCN(Cc3nc4ccc(N5CCC(NC(=O)OC(C)(C)C)CC5)cc4o3)CC2)c1C. The summed E-state index contributed by atoms with van der Waals surface area (Å²) in [6.07, 6.45) is 3.06. The monoisotopic (exact) mass is 521 g/mol. The molecule has 1 N–H and O–H groups in total. The standard InChI is InChI=1S/C28H39N7O3/c1-19-20(2)29-18-30-26(19)35-14-12-33(13-15-35)17-25-32-23-7-6-22(16-24(23)37-25)34-10-8-21(9-11-34)31-27(36)38-28(3,4)5/h6-7,16,18,21H,8-15,17H2,1-5H3,(H,31,36). The smallest absolute Gasteiger partial charge is 0.407 e. The van der Waals surface area contributed by atoms with Gasteiger partial charge in [0.25, 0.3) is 0 Å². The van der Waals surface area contributed by atoms with E-state index in [9.17, 15) is 4.79 Å². The molecule has 0 unspecified atom stereocenters. The van der Waals surface area contributed by atoms with Gasteiger partial charge in [-0.25, -0.2) is 19.7 Å². The molecule has 1 aromatic carbocycles. The Bertz CT molecular complexity index is 1270. The van der Waals surface area contributed by atoms with Crippen molar-refractivity contribution in [3.8, 4) is 0 Å². The fourth-order valence-corrected chi connectivity index (χ4v) is 5.14. The van der Waals surface area contributed by atoms with Gasteiger partial charge in [0, 0.05) is 68.3 Å². The molecular formula is C28H39N7O3. The molecule has 0 aliphatic carbocycles. The van der Waals surface area contributed by atoms with Gasteiger partial charge in [-0.05, 0) is 59.6 Å². The Morgan fingerprint density at radius 2 is 1.79 bits per heavy atom. The zero-order valence-electron chi connectivity index (χ0n) is 23.2. The Balaban J connectivity index is 1.14. The van der Waals surface area contributed by atoms with Crippen molar-refractivity contribution in [2.24, 2.45) is 0 Å². The summed E-state index contributed by atoms with van der Waals surface area (Å²) < 4.78 is 11.6. The number of carbonyl (C=O) groups is 1. The molecule has 2 saturated heterocycles. The Kier molecular flexibility index (Phi) is 7.43. The molecule has 1 amide bonds. The minimum Gasteiger partial charge on any atom is -0.444 e. The van der Waals surface area contributed by atoms with Gasteiger partial charge in [-0.3, -0.25) is 4.90 Å². The van der Waals surface area contributed by atoms with E-state index in [0.29, 0.717) is 6.54 Å². The number of fused-ring (bicyclic) bond motifs is 1. The highest BCUT2D eigenvalue weighted by molar-refractivity contribution is 5.77. The van der Waals surface area contributed by atoms with Crippen LogP contribution < -0.4 is 15.1 Å². The van der Waals surface area contributed by atoms with Crippen molar-refractivity contribution >= 4 is 28.7 Å². The first-order valence-corrected chi connectivity index (χ1v) is 13.5. The number of hydrogen-bond acceptors (Lipinski definition) is 9. The summed E-state index contributed by atoms with van der Waals surface area (Å²) in [6.45, 7) is 15.9. The van der Waals surface area contributed by atoms with E-state index in [-0.39, 0.29) is 12.1 Å². The second-order valence-corrected chi connectivity index (χ2v) is 11.3. The van der Waals surface area contributed by atoms with Crippen molar-refractivity contribution < 1.29 is 13.9 Å². The summed E-state index contributed by atoms with van der Waals surface area (Å²) in [5, 5.41) is 3.01. The molecule has 2 fully saturated rings. The Hall–Kier alpha value is -3.40. The van der Waals surface area contributed by atoms with Crippen molar-refractivity contribution in [3.05, 3.63) is 41.7 Å². The van der Waals surface area contributed by atoms with Gasteiger partial charge < -0.3 is 24.3 Å². The van der Waals surface area contributed by atoms with E-state index >= 15 is 0 Å². The number of aryl methyl sites for hydroxylation is 1. The molecule has 4 heterocycles. The summed E-state index contributed by atoms with van der Waals surface area (Å²) in [5.74, 6) is 1.79. The first-order valence-electron chi connectivity index (χ1n) is 13.5. The van der Waals surface area contributed by atoms with Crippen LogP contribution in [0.15, 0.2) is 28.9 Å². The van der Waals surface area contributed by atoms with Crippen molar-refractivity contribution in [1.82, 2.24) is 25.2 Å². The van der Waals surface area contributed by atoms with Gasteiger partial charge in [0.2, 0.25) is 5.89 Å². The molecule has 0 spiro atoms. The molecule has 2 aromatic heterocycles. The number of piperidine rings is 1. The zero-order chi connectivity index (χ0) is 26.9. The second kappa shape index (κ2) is 10.8. The van der Waals surface area contributed by atoms with Crippen LogP contribution in [0.1, 0.15) is 50.8 Å². The molecule has 0 radical (unpaired) electrons. The van der Waals surface area contributed by atoms with Crippen LogP contribution in [0.4, 0.5) is 16.3 Å². The normalized spacial score (nSPS) is 17.7. The average molecular weight is 522 g/mol. The third-order valence-corrected chi connectivity index (χ3v) is 7.34. The minimum absolute atomic E-state index is 0.129. The van der Waals surface area contributed by atoms with Crippen LogP contribution in [0, 0.1) is 13.8 Å². The molecule has 2 aliphatic rings. The van der Waals surface area contributed by atoms with E-state index in [1.807, 2.05) is 33.8 Å². The number of nitrogens with zero attached hydrogens (tertiary/aromatic N) is 6. The van der Waals surface area contributed by atoms with E-state index in [2.05, 4.69) is 49.0 Å². The Morgan fingerprint density at radius 1 is 1.05 bits per heavy atom. The van der Waals surface area contributed by atoms with Gasteiger partial charge in [-0.1, -0.05) is 0 Å². The predicted molar refractivity (Wildman–Crippen MR) is 148 cm³/mol. The number of aromatic nitrogens is 3. The average Bonchev–Trinajstić information content (AvgIpc) is 3.27. The lowest BCUT2D eigenvalue weighted by atomic mass is 10.0. The van der Waals surface area contributed by atoms with Gasteiger partial charge in [-0.15, -0.1) is 0 Å². The molecule has 0 bridgehead atoms. The van der Waals surface area contributed by atoms with E-state index in [0.717, 1.165) is 91.9 Å². The molecule has 204 valence electrons. The summed E-state index contributed by atoms with van der Waals surface area (Å²) in [6, 6.07) is 6.37. The van der Waals surface area contributed by atoms with Crippen LogP contribution in [0.5, 0.6) is 0 Å². The number of ether oxygens (including phenoxy) is 1. The fraction of sp³-hybridized carbons (Fsp3) is 0.571. The molecule has 10 heteroatoms. The first kappa shape index (κ1) is 26.2. The molecule has 10 nitrogen and oxygen atoms in total. The summed E-state index contributed by atoms with van der Waals surface area (Å²) in [7, 11) is 0. The quantitative estimate of drug-likeness (QED) is 0.533. The Morgan fingerprint density at radius 3 is 2.50 bits per heavy atom. The first-order chi connectivity index (χ1) is 18.1. The predicted octanol–water partition coefficient (Wildman–Crippen LogP) is 4.05. The van der Waals surface area contributed by atoms with Crippen molar-refractivity contribution in [1.29, 1.82) is 0 Å². The molecular weight excluding hydrogens is 482 g/mol. The number of carbonyl (C=O) groups excluding carboxylic acids is 1. The number of piperazine rings is 1. The minimum atomic E-state index is -0.486. The zero-order valence-corrected chi connectivity index (χ0v) is 23.2. The lowest BCUT2D eigenvalue weighted by Gasteiger charge is -2.35. The maximum absolute atomic E-state index is 12.1. The fourth-order valence-electron chi connectivity index (χ4n) is 5.14. The number of hydrogen-bond donors (Lipinski definition) is 1. The topological polar surface area (TPSA) is 99.9 Å². The van der Waals surface area contributed by atoms with E-state index in [4.69, 9.17) is 14.1 Å². The highest BCUT2D eigenvalue weighted by Crippen LogP contribution is 2.27. The largest absolute Gasteiger partial charge is 0.444 e. The number of anilines is 2. The van der Waals surface area contributed by atoms with Crippen LogP contribution in [-0.2, 0) is 11.3 Å². The number of rotatable bonds is 5. The van der Waals surface area contributed by atoms with Crippen molar-refractivity contribution in [2.45, 2.75) is 65.6 Å². The van der Waals surface area contributed by atoms with Gasteiger partial charge in [0.05, 0.1) is 6.54 Å². The maximum Gasteiger partial charge on any atom is 0.407 e. The third-order valence-electron chi connectivity index (χ3n) is 7.34. The Labute approximate surface area is 224 Å². The number of amides is 1. The van der Waals surface area contributed by atoms with Crippen molar-refractivity contribution in [2.75, 3.05) is 49.1 Å². The number of alkyl carbamates (subject to hydrolysis) is 1. The second-order valence-electron chi connectivity index (χ2n) is 11.3. The van der Waals surface area contributed by atoms with E-state index < -0.39 is 5.60 Å². The highest BCUT2D eigenvalue weighted by atomic mass is 16.6. The highest BCUT2D eigenvalue weighted by Gasteiger charge is 2.25. The molecule has 2 aliphatic heterocycles. The molecule has 0 atom stereocenters. The lowest BCUT2D eigenvalue weighted by Crippen LogP contribution is -2.46. The van der Waals surface area contributed by atoms with Crippen LogP contribution in [0.25, 0.3) is 11.1 Å². The van der Waals surface area contributed by atoms with Crippen LogP contribution in [-0.4, -0.2) is 76.9 Å². The van der Waals surface area contributed by atoms with Crippen LogP contribution in [0.2, 0.25) is 0 Å².